The third-order valence-electron chi connectivity index (χ3n) is 2.80. The average Bonchev–Trinajstić information content (AvgIpc) is 2.38. The number of rotatable bonds is 4. The second-order valence-electron chi connectivity index (χ2n) is 4.06. The largest absolute Gasteiger partial charge is 0.492 e. The first kappa shape index (κ1) is 17.3. The van der Waals surface area contributed by atoms with Crippen LogP contribution >= 0.6 is 24.8 Å². The first-order valence-electron chi connectivity index (χ1n) is 5.72. The molecule has 6 heteroatoms. The number of pyridine rings is 1. The van der Waals surface area contributed by atoms with E-state index in [2.05, 4.69) is 10.3 Å². The van der Waals surface area contributed by atoms with Crippen LogP contribution in [0.5, 0.6) is 11.6 Å². The Balaban J connectivity index is 0.00000144. The van der Waals surface area contributed by atoms with Gasteiger partial charge in [0.05, 0.1) is 19.9 Å². The molecule has 0 radical (unpaired) electrons. The summed E-state index contributed by atoms with van der Waals surface area (Å²) < 4.78 is 10.7. The summed E-state index contributed by atoms with van der Waals surface area (Å²) in [4.78, 5) is 4.10. The van der Waals surface area contributed by atoms with E-state index in [0.29, 0.717) is 11.8 Å². The van der Waals surface area contributed by atoms with E-state index in [0.717, 1.165) is 25.4 Å². The van der Waals surface area contributed by atoms with E-state index in [9.17, 15) is 0 Å². The van der Waals surface area contributed by atoms with Gasteiger partial charge in [-0.05, 0) is 25.5 Å². The fourth-order valence-electron chi connectivity index (χ4n) is 1.85. The first-order chi connectivity index (χ1) is 7.88. The molecular formula is C12H20Cl2N2O2. The van der Waals surface area contributed by atoms with Gasteiger partial charge in [-0.1, -0.05) is 0 Å². The van der Waals surface area contributed by atoms with Crippen molar-refractivity contribution in [1.29, 1.82) is 0 Å². The minimum absolute atomic E-state index is 0. The molecule has 4 nitrogen and oxygen atoms in total. The van der Waals surface area contributed by atoms with E-state index in [1.54, 1.807) is 13.3 Å². The molecule has 1 aromatic rings. The molecule has 1 N–H and O–H groups in total. The Labute approximate surface area is 120 Å². The topological polar surface area (TPSA) is 43.4 Å². The highest BCUT2D eigenvalue weighted by Crippen LogP contribution is 2.16. The maximum absolute atomic E-state index is 5.69. The molecular weight excluding hydrogens is 275 g/mol. The quantitative estimate of drug-likeness (QED) is 0.925. The predicted octanol–water partition coefficient (Wildman–Crippen LogP) is 2.31. The van der Waals surface area contributed by atoms with Gasteiger partial charge in [-0.2, -0.15) is 0 Å². The Bertz CT molecular complexity index is 316. The minimum atomic E-state index is 0. The second-order valence-corrected chi connectivity index (χ2v) is 4.06. The van der Waals surface area contributed by atoms with Crippen LogP contribution in [0.4, 0.5) is 0 Å². The van der Waals surface area contributed by atoms with Crippen LogP contribution in [0.2, 0.25) is 0 Å². The van der Waals surface area contributed by atoms with Crippen LogP contribution in [0.15, 0.2) is 18.3 Å². The van der Waals surface area contributed by atoms with Gasteiger partial charge >= 0.3 is 0 Å². The van der Waals surface area contributed by atoms with Gasteiger partial charge < -0.3 is 14.8 Å². The van der Waals surface area contributed by atoms with E-state index < -0.39 is 0 Å². The molecule has 0 spiro atoms. The first-order valence-corrected chi connectivity index (χ1v) is 5.72. The molecule has 1 saturated heterocycles. The maximum Gasteiger partial charge on any atom is 0.213 e. The predicted molar refractivity (Wildman–Crippen MR) is 76.4 cm³/mol. The number of aromatic nitrogens is 1. The summed E-state index contributed by atoms with van der Waals surface area (Å²) in [6, 6.07) is 3.70. The number of nitrogens with zero attached hydrogens (tertiary/aromatic N) is 1. The van der Waals surface area contributed by atoms with Gasteiger partial charge in [0.15, 0.2) is 0 Å². The van der Waals surface area contributed by atoms with E-state index in [1.165, 1.54) is 12.8 Å². The van der Waals surface area contributed by atoms with Crippen LogP contribution in [-0.4, -0.2) is 31.8 Å². The van der Waals surface area contributed by atoms with E-state index >= 15 is 0 Å². The van der Waals surface area contributed by atoms with Crippen molar-refractivity contribution >= 4 is 24.8 Å². The maximum atomic E-state index is 5.69. The molecule has 0 aromatic carbocycles. The van der Waals surface area contributed by atoms with Crippen molar-refractivity contribution in [3.63, 3.8) is 0 Å². The lowest BCUT2D eigenvalue weighted by Gasteiger charge is -2.22. The van der Waals surface area contributed by atoms with Crippen molar-refractivity contribution in [1.82, 2.24) is 10.3 Å². The van der Waals surface area contributed by atoms with Crippen LogP contribution in [0, 0.1) is 5.92 Å². The Morgan fingerprint density at radius 1 is 1.39 bits per heavy atom. The number of ether oxygens (including phenoxy) is 2. The van der Waals surface area contributed by atoms with Crippen LogP contribution < -0.4 is 14.8 Å². The normalized spacial score (nSPS) is 18.2. The third kappa shape index (κ3) is 5.29. The monoisotopic (exact) mass is 294 g/mol. The number of hydrogen-bond acceptors (Lipinski definition) is 4. The van der Waals surface area contributed by atoms with Crippen molar-refractivity contribution in [3.05, 3.63) is 18.3 Å². The van der Waals surface area contributed by atoms with E-state index in [4.69, 9.17) is 9.47 Å². The minimum Gasteiger partial charge on any atom is -0.492 e. The molecule has 0 amide bonds. The summed E-state index contributed by atoms with van der Waals surface area (Å²) in [6.45, 7) is 2.96. The summed E-state index contributed by atoms with van der Waals surface area (Å²) in [5.41, 5.74) is 0. The number of hydrogen-bond donors (Lipinski definition) is 1. The van der Waals surface area contributed by atoms with Crippen LogP contribution in [0.25, 0.3) is 0 Å². The van der Waals surface area contributed by atoms with E-state index in [1.807, 2.05) is 12.1 Å². The molecule has 2 rings (SSSR count). The molecule has 1 unspecified atom stereocenters. The molecule has 1 fully saturated rings. The summed E-state index contributed by atoms with van der Waals surface area (Å²) in [6.07, 6.45) is 4.20. The summed E-state index contributed by atoms with van der Waals surface area (Å²) in [5, 5.41) is 3.37. The highest BCUT2D eigenvalue weighted by atomic mass is 35.5. The highest BCUT2D eigenvalue weighted by Gasteiger charge is 2.13. The van der Waals surface area contributed by atoms with Crippen molar-refractivity contribution in [2.45, 2.75) is 12.8 Å². The zero-order chi connectivity index (χ0) is 11.2. The van der Waals surface area contributed by atoms with E-state index in [-0.39, 0.29) is 24.8 Å². The smallest absolute Gasteiger partial charge is 0.213 e. The summed E-state index contributed by atoms with van der Waals surface area (Å²) in [7, 11) is 1.61. The lowest BCUT2D eigenvalue weighted by atomic mass is 10.0. The standard InChI is InChI=1S/C12H18N2O2.2ClH/c1-15-12-5-4-11(8-14-12)16-9-10-3-2-6-13-7-10;;/h4-5,8,10,13H,2-3,6-7,9H2,1H3;2*1H. The number of nitrogens with one attached hydrogen (secondary N) is 1. The molecule has 1 aliphatic rings. The van der Waals surface area contributed by atoms with Gasteiger partial charge in [-0.15, -0.1) is 24.8 Å². The Hall–Kier alpha value is -0.710. The van der Waals surface area contributed by atoms with Crippen LogP contribution in [0.1, 0.15) is 12.8 Å². The third-order valence-corrected chi connectivity index (χ3v) is 2.80. The van der Waals surface area contributed by atoms with Crippen molar-refractivity contribution in [2.24, 2.45) is 5.92 Å². The van der Waals surface area contributed by atoms with Crippen molar-refractivity contribution in [3.8, 4) is 11.6 Å². The van der Waals surface area contributed by atoms with Gasteiger partial charge in [0.1, 0.15) is 5.75 Å². The molecule has 1 aliphatic heterocycles. The van der Waals surface area contributed by atoms with Gasteiger partial charge in [0, 0.05) is 18.5 Å². The Kier molecular flexibility index (Phi) is 8.89. The fourth-order valence-corrected chi connectivity index (χ4v) is 1.85. The van der Waals surface area contributed by atoms with Gasteiger partial charge in [0.25, 0.3) is 0 Å². The Morgan fingerprint density at radius 3 is 2.78 bits per heavy atom. The summed E-state index contributed by atoms with van der Waals surface area (Å²) >= 11 is 0. The molecule has 0 saturated carbocycles. The lowest BCUT2D eigenvalue weighted by molar-refractivity contribution is 0.217. The molecule has 0 bridgehead atoms. The lowest BCUT2D eigenvalue weighted by Crippen LogP contribution is -2.33. The van der Waals surface area contributed by atoms with Gasteiger partial charge in [0.2, 0.25) is 5.88 Å². The number of methoxy groups -OCH3 is 1. The molecule has 1 atom stereocenters. The van der Waals surface area contributed by atoms with Crippen molar-refractivity contribution in [2.75, 3.05) is 26.8 Å². The molecule has 104 valence electrons. The fraction of sp³-hybridized carbons (Fsp3) is 0.583. The van der Waals surface area contributed by atoms with Crippen LogP contribution in [-0.2, 0) is 0 Å². The molecule has 1 aromatic heterocycles. The number of halogens is 2. The zero-order valence-electron chi connectivity index (χ0n) is 10.4. The highest BCUT2D eigenvalue weighted by molar-refractivity contribution is 5.85. The zero-order valence-corrected chi connectivity index (χ0v) is 12.1. The molecule has 18 heavy (non-hydrogen) atoms. The number of piperidine rings is 1. The van der Waals surface area contributed by atoms with Crippen LogP contribution in [0.3, 0.4) is 0 Å². The van der Waals surface area contributed by atoms with Gasteiger partial charge in [-0.25, -0.2) is 4.98 Å². The summed E-state index contributed by atoms with van der Waals surface area (Å²) in [5.74, 6) is 2.05. The van der Waals surface area contributed by atoms with Gasteiger partial charge in [-0.3, -0.25) is 0 Å². The average molecular weight is 295 g/mol. The van der Waals surface area contributed by atoms with Crippen molar-refractivity contribution < 1.29 is 9.47 Å². The molecule has 0 aliphatic carbocycles. The SMILES string of the molecule is COc1ccc(OCC2CCCNC2)cn1.Cl.Cl. The second kappa shape index (κ2) is 9.25. The molecule has 2 heterocycles. The Morgan fingerprint density at radius 2 is 2.22 bits per heavy atom.